The Morgan fingerprint density at radius 3 is 2.56 bits per heavy atom. The molecule has 140 valence electrons. The number of ether oxygens (including phenoxy) is 1. The number of hydrazone groups is 1. The van der Waals surface area contributed by atoms with Gasteiger partial charge in [0.2, 0.25) is 0 Å². The molecule has 1 heterocycles. The highest BCUT2D eigenvalue weighted by molar-refractivity contribution is 9.10. The highest BCUT2D eigenvalue weighted by Gasteiger charge is 2.29. The monoisotopic (exact) mass is 427 g/mol. The van der Waals surface area contributed by atoms with E-state index in [-0.39, 0.29) is 5.97 Å². The predicted molar refractivity (Wildman–Crippen MR) is 113 cm³/mol. The number of esters is 1. The molecule has 1 N–H and O–H groups in total. The van der Waals surface area contributed by atoms with Crippen molar-refractivity contribution in [3.8, 4) is 0 Å². The zero-order valence-corrected chi connectivity index (χ0v) is 17.0. The maximum absolute atomic E-state index is 12.6. The zero-order valence-electron chi connectivity index (χ0n) is 15.4. The number of hydrogen-bond acceptors (Lipinski definition) is 5. The third-order valence-corrected chi connectivity index (χ3v) is 4.87. The first-order valence-corrected chi connectivity index (χ1v) is 9.68. The molecule has 27 heavy (non-hydrogen) atoms. The van der Waals surface area contributed by atoms with E-state index in [0.29, 0.717) is 24.3 Å². The molecule has 0 saturated carbocycles. The lowest BCUT2D eigenvalue weighted by Crippen LogP contribution is -2.35. The molecular weight excluding hydrogens is 406 g/mol. The topological polar surface area (TPSA) is 53.9 Å². The molecule has 0 fully saturated rings. The average molecular weight is 428 g/mol. The fourth-order valence-electron chi connectivity index (χ4n) is 3.02. The van der Waals surface area contributed by atoms with Gasteiger partial charge in [0.25, 0.3) is 0 Å². The van der Waals surface area contributed by atoms with Crippen molar-refractivity contribution in [2.24, 2.45) is 5.10 Å². The van der Waals surface area contributed by atoms with Crippen LogP contribution in [0.25, 0.3) is 0 Å². The summed E-state index contributed by atoms with van der Waals surface area (Å²) < 4.78 is 6.32. The number of benzene rings is 2. The smallest absolute Gasteiger partial charge is 0.341 e. The van der Waals surface area contributed by atoms with Gasteiger partial charge < -0.3 is 9.64 Å². The fraction of sp³-hybridized carbons (Fsp3) is 0.238. The van der Waals surface area contributed by atoms with E-state index >= 15 is 0 Å². The van der Waals surface area contributed by atoms with Gasteiger partial charge in [-0.05, 0) is 50.2 Å². The number of carbonyl (C=O) groups excluding carboxylic acids is 1. The first-order valence-electron chi connectivity index (χ1n) is 8.89. The summed E-state index contributed by atoms with van der Waals surface area (Å²) in [5.41, 5.74) is 7.03. The van der Waals surface area contributed by atoms with Gasteiger partial charge in [0.1, 0.15) is 5.57 Å². The normalized spacial score (nSPS) is 15.8. The molecule has 0 unspecified atom stereocenters. The zero-order chi connectivity index (χ0) is 19.2. The maximum atomic E-state index is 12.6. The minimum atomic E-state index is -0.342. The van der Waals surface area contributed by atoms with Gasteiger partial charge in [0.15, 0.2) is 0 Å². The van der Waals surface area contributed by atoms with Crippen LogP contribution in [-0.4, -0.2) is 24.8 Å². The van der Waals surface area contributed by atoms with Crippen LogP contribution in [0.3, 0.4) is 0 Å². The minimum absolute atomic E-state index is 0.327. The first-order chi connectivity index (χ1) is 13.1. The van der Waals surface area contributed by atoms with E-state index in [2.05, 4.69) is 31.4 Å². The number of carbonyl (C=O) groups is 1. The molecule has 0 bridgehead atoms. The van der Waals surface area contributed by atoms with Crippen LogP contribution in [0.5, 0.6) is 0 Å². The molecule has 3 rings (SSSR count). The van der Waals surface area contributed by atoms with Crippen LogP contribution in [0, 0.1) is 0 Å². The van der Waals surface area contributed by atoms with E-state index in [1.54, 1.807) is 0 Å². The molecule has 1 aliphatic rings. The van der Waals surface area contributed by atoms with Gasteiger partial charge in [-0.15, -0.1) is 0 Å². The molecule has 0 saturated heterocycles. The molecule has 5 nitrogen and oxygen atoms in total. The standard InChI is InChI=1S/C21H22BrN3O2/c1-3-27-21(26)20-15(2)25(18-11-9-16(22)10-12-18)14-13-19(20)24-23-17-7-5-4-6-8-17/h4-12,23H,3,13-14H2,1-2H3/b24-19+. The predicted octanol–water partition coefficient (Wildman–Crippen LogP) is 4.96. The van der Waals surface area contributed by atoms with E-state index in [9.17, 15) is 4.79 Å². The summed E-state index contributed by atoms with van der Waals surface area (Å²) in [6.07, 6.45) is 0.640. The molecule has 0 radical (unpaired) electrons. The molecule has 1 aliphatic heterocycles. The third kappa shape index (κ3) is 4.57. The second-order valence-electron chi connectivity index (χ2n) is 6.10. The average Bonchev–Trinajstić information content (AvgIpc) is 2.68. The van der Waals surface area contributed by atoms with Crippen LogP contribution in [0.4, 0.5) is 11.4 Å². The number of halogens is 1. The Morgan fingerprint density at radius 2 is 1.89 bits per heavy atom. The van der Waals surface area contributed by atoms with Crippen molar-refractivity contribution in [1.82, 2.24) is 0 Å². The van der Waals surface area contributed by atoms with Gasteiger partial charge in [-0.1, -0.05) is 34.1 Å². The van der Waals surface area contributed by atoms with Gasteiger partial charge in [0.05, 0.1) is 18.0 Å². The Hall–Kier alpha value is -2.60. The fourth-order valence-corrected chi connectivity index (χ4v) is 3.29. The van der Waals surface area contributed by atoms with E-state index < -0.39 is 0 Å². The molecular formula is C21H22BrN3O2. The summed E-state index contributed by atoms with van der Waals surface area (Å²) in [6.45, 7) is 4.81. The summed E-state index contributed by atoms with van der Waals surface area (Å²) in [4.78, 5) is 14.8. The van der Waals surface area contributed by atoms with Crippen molar-refractivity contribution in [2.75, 3.05) is 23.5 Å². The summed E-state index contributed by atoms with van der Waals surface area (Å²) >= 11 is 3.46. The van der Waals surface area contributed by atoms with E-state index in [4.69, 9.17) is 4.74 Å². The van der Waals surface area contributed by atoms with Gasteiger partial charge in [-0.25, -0.2) is 4.79 Å². The lowest BCUT2D eigenvalue weighted by atomic mass is 9.99. The Kier molecular flexibility index (Phi) is 6.29. The van der Waals surface area contributed by atoms with Gasteiger partial charge in [-0.3, -0.25) is 5.43 Å². The Labute approximate surface area is 167 Å². The molecule has 0 amide bonds. The lowest BCUT2D eigenvalue weighted by molar-refractivity contribution is -0.137. The lowest BCUT2D eigenvalue weighted by Gasteiger charge is -2.32. The molecule has 0 atom stereocenters. The highest BCUT2D eigenvalue weighted by Crippen LogP contribution is 2.28. The van der Waals surface area contributed by atoms with Crippen LogP contribution in [0.15, 0.2) is 75.4 Å². The summed E-state index contributed by atoms with van der Waals surface area (Å²) in [7, 11) is 0. The number of allylic oxidation sites excluding steroid dienone is 1. The van der Waals surface area contributed by atoms with Crippen molar-refractivity contribution in [1.29, 1.82) is 0 Å². The van der Waals surface area contributed by atoms with E-state index in [1.165, 1.54) is 0 Å². The molecule has 0 aromatic heterocycles. The largest absolute Gasteiger partial charge is 0.462 e. The minimum Gasteiger partial charge on any atom is -0.462 e. The number of hydrogen-bond donors (Lipinski definition) is 1. The van der Waals surface area contributed by atoms with Crippen molar-refractivity contribution < 1.29 is 9.53 Å². The van der Waals surface area contributed by atoms with E-state index in [0.717, 1.165) is 28.1 Å². The van der Waals surface area contributed by atoms with Gasteiger partial charge in [-0.2, -0.15) is 5.10 Å². The van der Waals surface area contributed by atoms with Crippen LogP contribution < -0.4 is 10.3 Å². The highest BCUT2D eigenvalue weighted by atomic mass is 79.9. The first kappa shape index (κ1) is 19.2. The van der Waals surface area contributed by atoms with Crippen molar-refractivity contribution >= 4 is 39.0 Å². The van der Waals surface area contributed by atoms with Crippen LogP contribution in [0.1, 0.15) is 20.3 Å². The molecule has 2 aromatic carbocycles. The SMILES string of the molecule is CCOC(=O)C1=C(C)N(c2ccc(Br)cc2)CC/C1=N\Nc1ccccc1. The van der Waals surface area contributed by atoms with Crippen molar-refractivity contribution in [3.63, 3.8) is 0 Å². The second-order valence-corrected chi connectivity index (χ2v) is 7.01. The van der Waals surface area contributed by atoms with Gasteiger partial charge in [0, 0.05) is 28.8 Å². The Morgan fingerprint density at radius 1 is 1.19 bits per heavy atom. The van der Waals surface area contributed by atoms with Crippen molar-refractivity contribution in [2.45, 2.75) is 20.3 Å². The van der Waals surface area contributed by atoms with Crippen LogP contribution >= 0.6 is 15.9 Å². The van der Waals surface area contributed by atoms with E-state index in [1.807, 2.05) is 68.4 Å². The second kappa shape index (κ2) is 8.86. The number of para-hydroxylation sites is 1. The Balaban J connectivity index is 1.95. The Bertz CT molecular complexity index is 861. The quantitative estimate of drug-likeness (QED) is 0.540. The molecule has 0 aliphatic carbocycles. The maximum Gasteiger partial charge on any atom is 0.341 e. The summed E-state index contributed by atoms with van der Waals surface area (Å²) in [5, 5.41) is 4.50. The van der Waals surface area contributed by atoms with Gasteiger partial charge >= 0.3 is 5.97 Å². The summed E-state index contributed by atoms with van der Waals surface area (Å²) in [6, 6.07) is 17.7. The third-order valence-electron chi connectivity index (χ3n) is 4.34. The molecule has 6 heteroatoms. The molecule has 0 spiro atoms. The van der Waals surface area contributed by atoms with Crippen LogP contribution in [0.2, 0.25) is 0 Å². The van der Waals surface area contributed by atoms with Crippen LogP contribution in [-0.2, 0) is 9.53 Å². The number of rotatable bonds is 5. The molecule has 2 aromatic rings. The number of anilines is 2. The van der Waals surface area contributed by atoms with Crippen molar-refractivity contribution in [3.05, 3.63) is 70.3 Å². The summed E-state index contributed by atoms with van der Waals surface area (Å²) in [5.74, 6) is -0.342. The number of nitrogens with one attached hydrogen (secondary N) is 1. The number of nitrogens with zero attached hydrogens (tertiary/aromatic N) is 2.